The van der Waals surface area contributed by atoms with Gasteiger partial charge in [0.05, 0.1) is 28.2 Å². The molecular weight excluding hydrogens is 478 g/mol. The second kappa shape index (κ2) is 9.68. The molecule has 1 atom stereocenters. The van der Waals surface area contributed by atoms with Crippen molar-refractivity contribution in [3.8, 4) is 22.8 Å². The summed E-state index contributed by atoms with van der Waals surface area (Å²) in [7, 11) is 0. The summed E-state index contributed by atoms with van der Waals surface area (Å²) >= 11 is 6.60. The fourth-order valence-corrected chi connectivity index (χ4v) is 4.69. The van der Waals surface area contributed by atoms with E-state index in [-0.39, 0.29) is 17.8 Å². The predicted octanol–water partition coefficient (Wildman–Crippen LogP) is 5.42. The Morgan fingerprint density at radius 1 is 1.28 bits per heavy atom. The molecule has 0 unspecified atom stereocenters. The third-order valence-electron chi connectivity index (χ3n) is 6.15. The summed E-state index contributed by atoms with van der Waals surface area (Å²) < 4.78 is 7.73. The first-order valence-electron chi connectivity index (χ1n) is 11.3. The second-order valence-electron chi connectivity index (χ2n) is 8.36. The average Bonchev–Trinajstić information content (AvgIpc) is 3.33. The summed E-state index contributed by atoms with van der Waals surface area (Å²) in [5.74, 6) is 1.34. The number of piperidine rings is 1. The number of halogens is 1. The molecule has 4 heterocycles. The van der Waals surface area contributed by atoms with Gasteiger partial charge in [0.2, 0.25) is 5.91 Å². The fraction of sp³-hybridized carbons (Fsp3) is 0.192. The number of carbonyl (C=O) groups is 1. The number of carbonyl (C=O) groups excluding carboxylic acids is 1. The maximum absolute atomic E-state index is 12.2. The molecule has 2 N–H and O–H groups in total. The van der Waals surface area contributed by atoms with E-state index in [4.69, 9.17) is 33.7 Å². The highest BCUT2D eigenvalue weighted by atomic mass is 35.5. The van der Waals surface area contributed by atoms with Crippen molar-refractivity contribution in [2.45, 2.75) is 18.9 Å². The number of aromatic nitrogens is 4. The molecule has 0 aliphatic carbocycles. The summed E-state index contributed by atoms with van der Waals surface area (Å²) in [5, 5.41) is 6.02. The van der Waals surface area contributed by atoms with Crippen molar-refractivity contribution in [2.75, 3.05) is 18.8 Å². The molecule has 1 aliphatic rings. The van der Waals surface area contributed by atoms with Gasteiger partial charge in [-0.15, -0.1) is 4.98 Å². The number of nitrogen functional groups attached to an aromatic ring is 1. The lowest BCUT2D eigenvalue weighted by molar-refractivity contribution is -0.127. The molecule has 1 aliphatic heterocycles. The summed E-state index contributed by atoms with van der Waals surface area (Å²) in [6, 6.07) is 10.7. The van der Waals surface area contributed by atoms with Gasteiger partial charge >= 0.3 is 5.82 Å². The van der Waals surface area contributed by atoms with Gasteiger partial charge in [0.15, 0.2) is 5.75 Å². The van der Waals surface area contributed by atoms with Crippen LogP contribution in [0.15, 0.2) is 61.4 Å². The molecule has 180 valence electrons. The molecule has 0 radical (unpaired) electrons. The highest BCUT2D eigenvalue weighted by Crippen LogP contribution is 2.39. The first kappa shape index (κ1) is 23.3. The largest absolute Gasteiger partial charge is 0.467 e. The molecule has 0 bridgehead atoms. The number of fused-ring (bicyclic) bond motifs is 1. The van der Waals surface area contributed by atoms with Crippen LogP contribution in [0.1, 0.15) is 18.9 Å². The molecule has 1 aromatic carbocycles. The second-order valence-corrected chi connectivity index (χ2v) is 8.76. The average molecular weight is 500 g/mol. The zero-order valence-electron chi connectivity index (χ0n) is 19.3. The Labute approximate surface area is 212 Å². The normalized spacial score (nSPS) is 15.4. The van der Waals surface area contributed by atoms with Gasteiger partial charge in [0.1, 0.15) is 23.5 Å². The molecule has 1 saturated heterocycles. The van der Waals surface area contributed by atoms with E-state index >= 15 is 0 Å². The predicted molar refractivity (Wildman–Crippen MR) is 138 cm³/mol. The lowest BCUT2D eigenvalue weighted by atomic mass is 10.1. The van der Waals surface area contributed by atoms with Gasteiger partial charge in [-0.05, 0) is 55.3 Å². The highest BCUT2D eigenvalue weighted by molar-refractivity contribution is 6.35. The van der Waals surface area contributed by atoms with Gasteiger partial charge in [0, 0.05) is 18.7 Å². The van der Waals surface area contributed by atoms with E-state index in [1.807, 2.05) is 16.8 Å². The third-order valence-corrected chi connectivity index (χ3v) is 6.43. The minimum atomic E-state index is -0.103. The van der Waals surface area contributed by atoms with Crippen molar-refractivity contribution in [3.05, 3.63) is 77.9 Å². The van der Waals surface area contributed by atoms with Crippen molar-refractivity contribution in [3.63, 3.8) is 0 Å². The molecular formula is C26H22ClN7O2. The van der Waals surface area contributed by atoms with E-state index in [0.717, 1.165) is 18.4 Å². The summed E-state index contributed by atoms with van der Waals surface area (Å²) in [6.45, 7) is 12.0. The number of nitrogens with zero attached hydrogens (tertiary/aromatic N) is 6. The van der Waals surface area contributed by atoms with Crippen molar-refractivity contribution >= 4 is 40.0 Å². The van der Waals surface area contributed by atoms with E-state index in [1.54, 1.807) is 35.4 Å². The molecule has 3 aromatic heterocycles. The lowest BCUT2D eigenvalue weighted by Crippen LogP contribution is -2.40. The Morgan fingerprint density at radius 2 is 2.08 bits per heavy atom. The number of rotatable bonds is 5. The van der Waals surface area contributed by atoms with Crippen LogP contribution in [0.3, 0.4) is 0 Å². The van der Waals surface area contributed by atoms with Crippen LogP contribution >= 0.6 is 11.6 Å². The van der Waals surface area contributed by atoms with Crippen LogP contribution in [0.5, 0.6) is 11.5 Å². The number of pyridine rings is 2. The van der Waals surface area contributed by atoms with Crippen LogP contribution in [-0.4, -0.2) is 43.6 Å². The van der Waals surface area contributed by atoms with Gasteiger partial charge in [0.25, 0.3) is 0 Å². The van der Waals surface area contributed by atoms with Crippen molar-refractivity contribution in [2.24, 2.45) is 0 Å². The molecule has 10 heteroatoms. The van der Waals surface area contributed by atoms with Gasteiger partial charge in [-0.3, -0.25) is 9.48 Å². The third kappa shape index (κ3) is 4.23. The first-order valence-corrected chi connectivity index (χ1v) is 11.7. The van der Waals surface area contributed by atoms with Crippen LogP contribution in [0.2, 0.25) is 5.02 Å². The maximum atomic E-state index is 12.2. The van der Waals surface area contributed by atoms with E-state index < -0.39 is 0 Å². The molecule has 1 amide bonds. The molecule has 5 rings (SSSR count). The molecule has 9 nitrogen and oxygen atoms in total. The van der Waals surface area contributed by atoms with Crippen LogP contribution in [0.4, 0.5) is 11.6 Å². The Hall–Kier alpha value is -4.42. The number of ether oxygens (including phenoxy) is 1. The molecule has 1 fully saturated rings. The topological polar surface area (TPSA) is 104 Å². The Morgan fingerprint density at radius 3 is 2.83 bits per heavy atom. The van der Waals surface area contributed by atoms with Crippen molar-refractivity contribution in [1.29, 1.82) is 0 Å². The quantitative estimate of drug-likeness (QED) is 0.290. The Kier molecular flexibility index (Phi) is 6.27. The minimum absolute atomic E-state index is 0.0709. The zero-order chi connectivity index (χ0) is 25.2. The van der Waals surface area contributed by atoms with Crippen LogP contribution < -0.4 is 10.5 Å². The van der Waals surface area contributed by atoms with Crippen molar-refractivity contribution in [1.82, 2.24) is 24.6 Å². The fourth-order valence-electron chi connectivity index (χ4n) is 4.46. The van der Waals surface area contributed by atoms with Gasteiger partial charge < -0.3 is 20.2 Å². The van der Waals surface area contributed by atoms with Gasteiger partial charge in [-0.1, -0.05) is 24.8 Å². The summed E-state index contributed by atoms with van der Waals surface area (Å²) in [5.41, 5.74) is 8.43. The summed E-state index contributed by atoms with van der Waals surface area (Å²) in [6.07, 6.45) is 6.09. The molecule has 4 aromatic rings. The summed E-state index contributed by atoms with van der Waals surface area (Å²) in [4.78, 5) is 25.7. The number of benzene rings is 1. The first-order chi connectivity index (χ1) is 17.5. The lowest BCUT2D eigenvalue weighted by Gasteiger charge is -2.32. The van der Waals surface area contributed by atoms with Gasteiger partial charge in [-0.2, -0.15) is 5.10 Å². The monoisotopic (exact) mass is 499 g/mol. The molecule has 0 spiro atoms. The minimum Gasteiger partial charge on any atom is -0.467 e. The number of anilines is 1. The number of hydrogen-bond acceptors (Lipinski definition) is 6. The SMILES string of the molecule is [C-]#[N+]c1ncccc1Oc1ccc(-c2nn([C@@H]3CCCN(C(=O)C=C)C3)c3c(Cl)cnc(N)c23)cc1. The van der Waals surface area contributed by atoms with Crippen LogP contribution in [-0.2, 0) is 4.79 Å². The highest BCUT2D eigenvalue weighted by Gasteiger charge is 2.28. The number of likely N-dealkylation sites (tertiary alicyclic amines) is 1. The van der Waals surface area contributed by atoms with E-state index in [1.165, 1.54) is 12.3 Å². The Balaban J connectivity index is 1.53. The molecule has 0 saturated carbocycles. The van der Waals surface area contributed by atoms with Gasteiger partial charge in [-0.25, -0.2) is 4.98 Å². The Bertz CT molecular complexity index is 1510. The van der Waals surface area contributed by atoms with Crippen LogP contribution in [0.25, 0.3) is 27.0 Å². The smallest absolute Gasteiger partial charge is 0.312 e. The zero-order valence-corrected chi connectivity index (χ0v) is 20.0. The standard InChI is InChI=1S/C26H22ClN7O2/c1-3-21(35)33-13-5-6-17(15-33)34-24-19(27)14-31-25(28)22(24)23(32-34)16-8-10-18(11-9-16)36-20-7-4-12-30-26(20)29-2/h3-4,7-12,14,17H,1,5-6,13,15H2,(H2,28,31)/t17-/m1/s1. The van der Waals surface area contributed by atoms with Crippen molar-refractivity contribution < 1.29 is 9.53 Å². The number of nitrogens with two attached hydrogens (primary N) is 1. The van der Waals surface area contributed by atoms with E-state index in [9.17, 15) is 4.79 Å². The van der Waals surface area contributed by atoms with E-state index in [0.29, 0.717) is 52.0 Å². The maximum Gasteiger partial charge on any atom is 0.312 e. The number of hydrogen-bond donors (Lipinski definition) is 1. The van der Waals surface area contributed by atoms with Crippen LogP contribution in [0, 0.1) is 6.57 Å². The van der Waals surface area contributed by atoms with E-state index in [2.05, 4.69) is 21.4 Å². The number of amides is 1. The molecule has 36 heavy (non-hydrogen) atoms.